The van der Waals surface area contributed by atoms with Crippen LogP contribution in [0.5, 0.6) is 0 Å². The van der Waals surface area contributed by atoms with Gasteiger partial charge in [0, 0.05) is 22.8 Å². The van der Waals surface area contributed by atoms with E-state index in [0.717, 1.165) is 22.7 Å². The lowest BCUT2D eigenvalue weighted by atomic mass is 10.2. The van der Waals surface area contributed by atoms with Crippen LogP contribution in [0.3, 0.4) is 0 Å². The average molecular weight is 372 g/mol. The minimum Gasteiger partial charge on any atom is -0.293 e. The number of fused-ring (bicyclic) bond motifs is 1. The molecule has 1 heterocycles. The van der Waals surface area contributed by atoms with Gasteiger partial charge in [0.05, 0.1) is 16.7 Å². The fourth-order valence-corrected chi connectivity index (χ4v) is 2.79. The number of hydrogen-bond donors (Lipinski definition) is 0. The van der Waals surface area contributed by atoms with Gasteiger partial charge in [-0.25, -0.2) is 13.8 Å². The third-order valence-electron chi connectivity index (χ3n) is 3.15. The largest absolute Gasteiger partial charge is 0.293 e. The second-order valence-electron chi connectivity index (χ2n) is 4.53. The van der Waals surface area contributed by atoms with Crippen molar-refractivity contribution in [1.82, 2.24) is 9.55 Å². The molecule has 0 saturated carbocycles. The minimum atomic E-state index is -0.508. The van der Waals surface area contributed by atoms with Gasteiger partial charge in [-0.3, -0.25) is 4.57 Å². The highest BCUT2D eigenvalue weighted by Gasteiger charge is 2.16. The molecular formula is C15H10BrClF2N2. The minimum absolute atomic E-state index is 0.135. The summed E-state index contributed by atoms with van der Waals surface area (Å²) in [6.07, 6.45) is 0.462. The van der Waals surface area contributed by atoms with Crippen molar-refractivity contribution < 1.29 is 8.78 Å². The van der Waals surface area contributed by atoms with E-state index in [2.05, 4.69) is 20.9 Å². The van der Waals surface area contributed by atoms with E-state index in [1.807, 2.05) is 18.2 Å². The Kier molecular flexibility index (Phi) is 3.95. The van der Waals surface area contributed by atoms with E-state index in [-0.39, 0.29) is 5.69 Å². The Hall–Kier alpha value is -1.46. The lowest BCUT2D eigenvalue weighted by Gasteiger charge is -2.10. The van der Waals surface area contributed by atoms with Crippen molar-refractivity contribution >= 4 is 38.6 Å². The van der Waals surface area contributed by atoms with Gasteiger partial charge in [0.2, 0.25) is 0 Å². The third kappa shape index (κ3) is 2.68. The molecule has 2 nitrogen and oxygen atoms in total. The number of aryl methyl sites for hydroxylation is 1. The average Bonchev–Trinajstić information content (AvgIpc) is 2.79. The summed E-state index contributed by atoms with van der Waals surface area (Å²) >= 11 is 9.18. The number of aromatic nitrogens is 2. The van der Waals surface area contributed by atoms with E-state index < -0.39 is 11.6 Å². The molecule has 0 fully saturated rings. The van der Waals surface area contributed by atoms with Crippen LogP contribution >= 0.6 is 27.5 Å². The summed E-state index contributed by atoms with van der Waals surface area (Å²) in [4.78, 5) is 4.46. The Bertz CT molecular complexity index is 817. The van der Waals surface area contributed by atoms with Gasteiger partial charge in [0.15, 0.2) is 0 Å². The molecule has 3 rings (SSSR count). The Morgan fingerprint density at radius 1 is 1.14 bits per heavy atom. The Labute approximate surface area is 133 Å². The van der Waals surface area contributed by atoms with Crippen molar-refractivity contribution in [2.45, 2.75) is 6.42 Å². The van der Waals surface area contributed by atoms with Gasteiger partial charge in [-0.1, -0.05) is 15.9 Å². The van der Waals surface area contributed by atoms with Crippen LogP contribution in [-0.2, 0) is 6.42 Å². The van der Waals surface area contributed by atoms with Crippen LogP contribution in [0, 0.1) is 11.6 Å². The smallest absolute Gasteiger partial charge is 0.147 e. The zero-order chi connectivity index (χ0) is 15.0. The van der Waals surface area contributed by atoms with Crippen molar-refractivity contribution in [2.24, 2.45) is 0 Å². The molecule has 108 valence electrons. The fourth-order valence-electron chi connectivity index (χ4n) is 2.28. The Balaban J connectivity index is 2.35. The first-order valence-corrected chi connectivity index (χ1v) is 7.61. The molecule has 0 aliphatic rings. The predicted molar refractivity (Wildman–Crippen MR) is 83.1 cm³/mol. The normalized spacial score (nSPS) is 11.2. The molecule has 21 heavy (non-hydrogen) atoms. The van der Waals surface area contributed by atoms with Crippen molar-refractivity contribution in [2.75, 3.05) is 5.88 Å². The maximum Gasteiger partial charge on any atom is 0.147 e. The summed E-state index contributed by atoms with van der Waals surface area (Å²) in [6, 6.07) is 8.87. The highest BCUT2D eigenvalue weighted by atomic mass is 79.9. The maximum absolute atomic E-state index is 14.1. The number of imidazole rings is 1. The number of hydrogen-bond acceptors (Lipinski definition) is 1. The van der Waals surface area contributed by atoms with E-state index >= 15 is 0 Å². The zero-order valence-electron chi connectivity index (χ0n) is 10.8. The van der Waals surface area contributed by atoms with Crippen molar-refractivity contribution in [3.05, 3.63) is 58.3 Å². The topological polar surface area (TPSA) is 17.8 Å². The summed E-state index contributed by atoms with van der Waals surface area (Å²) < 4.78 is 30.1. The standard InChI is InChI=1S/C15H10BrClF2N2/c16-9-1-4-12-14(7-9)21(15(20-12)5-6-17)13-8-10(18)2-3-11(13)19/h1-4,7-8H,5-6H2. The number of halogens is 4. The molecule has 6 heteroatoms. The SMILES string of the molecule is Fc1ccc(F)c(-n2c(CCCl)nc3ccc(Br)cc32)c1. The summed E-state index contributed by atoms with van der Waals surface area (Å²) in [5.41, 5.74) is 1.55. The van der Waals surface area contributed by atoms with Crippen LogP contribution in [0.1, 0.15) is 5.82 Å². The monoisotopic (exact) mass is 370 g/mol. The van der Waals surface area contributed by atoms with Gasteiger partial charge >= 0.3 is 0 Å². The van der Waals surface area contributed by atoms with E-state index in [1.54, 1.807) is 4.57 Å². The summed E-state index contributed by atoms with van der Waals surface area (Å²) in [7, 11) is 0. The fraction of sp³-hybridized carbons (Fsp3) is 0.133. The first-order chi connectivity index (χ1) is 10.1. The summed E-state index contributed by atoms with van der Waals surface area (Å²) in [5.74, 6) is -0.0595. The predicted octanol–water partition coefficient (Wildman–Crippen LogP) is 4.85. The molecule has 0 saturated heterocycles. The number of nitrogens with zero attached hydrogens (tertiary/aromatic N) is 2. The molecule has 0 unspecified atom stereocenters. The van der Waals surface area contributed by atoms with E-state index in [1.165, 1.54) is 0 Å². The summed E-state index contributed by atoms with van der Waals surface area (Å²) in [5, 5.41) is 0. The van der Waals surface area contributed by atoms with Crippen molar-refractivity contribution in [3.63, 3.8) is 0 Å². The molecule has 0 bridgehead atoms. The van der Waals surface area contributed by atoms with Crippen molar-refractivity contribution in [3.8, 4) is 5.69 Å². The van der Waals surface area contributed by atoms with Crippen molar-refractivity contribution in [1.29, 1.82) is 0 Å². The van der Waals surface area contributed by atoms with Crippen LogP contribution in [0.25, 0.3) is 16.7 Å². The van der Waals surface area contributed by atoms with E-state index in [4.69, 9.17) is 11.6 Å². The van der Waals surface area contributed by atoms with Gasteiger partial charge in [-0.15, -0.1) is 11.6 Å². The van der Waals surface area contributed by atoms with E-state index in [0.29, 0.717) is 29.2 Å². The first kappa shape index (κ1) is 14.5. The Morgan fingerprint density at radius 3 is 2.71 bits per heavy atom. The van der Waals surface area contributed by atoms with Crippen LogP contribution in [0.4, 0.5) is 8.78 Å². The van der Waals surface area contributed by atoms with Gasteiger partial charge in [-0.05, 0) is 30.3 Å². The third-order valence-corrected chi connectivity index (χ3v) is 3.84. The van der Waals surface area contributed by atoms with Crippen LogP contribution in [-0.4, -0.2) is 15.4 Å². The molecule has 0 N–H and O–H groups in total. The molecule has 0 radical (unpaired) electrons. The molecule has 0 amide bonds. The van der Waals surface area contributed by atoms with Crippen LogP contribution in [0.15, 0.2) is 40.9 Å². The quantitative estimate of drug-likeness (QED) is 0.602. The second kappa shape index (κ2) is 5.73. The number of benzene rings is 2. The van der Waals surface area contributed by atoms with Gasteiger partial charge < -0.3 is 0 Å². The zero-order valence-corrected chi connectivity index (χ0v) is 13.1. The Morgan fingerprint density at radius 2 is 1.95 bits per heavy atom. The molecular weight excluding hydrogens is 362 g/mol. The van der Waals surface area contributed by atoms with Gasteiger partial charge in [0.1, 0.15) is 17.5 Å². The second-order valence-corrected chi connectivity index (χ2v) is 5.82. The molecule has 0 atom stereocenters. The number of rotatable bonds is 3. The molecule has 0 aliphatic carbocycles. The van der Waals surface area contributed by atoms with Crippen LogP contribution in [0.2, 0.25) is 0 Å². The van der Waals surface area contributed by atoms with Gasteiger partial charge in [-0.2, -0.15) is 0 Å². The van der Waals surface area contributed by atoms with Crippen LogP contribution < -0.4 is 0 Å². The highest BCUT2D eigenvalue weighted by Crippen LogP contribution is 2.27. The lowest BCUT2D eigenvalue weighted by molar-refractivity contribution is 0.592. The molecule has 0 aliphatic heterocycles. The molecule has 1 aromatic heterocycles. The highest BCUT2D eigenvalue weighted by molar-refractivity contribution is 9.10. The molecule has 2 aromatic carbocycles. The molecule has 3 aromatic rings. The number of alkyl halides is 1. The first-order valence-electron chi connectivity index (χ1n) is 6.28. The van der Waals surface area contributed by atoms with Gasteiger partial charge in [0.25, 0.3) is 0 Å². The lowest BCUT2D eigenvalue weighted by Crippen LogP contribution is -2.05. The van der Waals surface area contributed by atoms with E-state index in [9.17, 15) is 8.78 Å². The molecule has 0 spiro atoms. The summed E-state index contributed by atoms with van der Waals surface area (Å²) in [6.45, 7) is 0. The maximum atomic E-state index is 14.1.